The maximum atomic E-state index is 5.08. The van der Waals surface area contributed by atoms with Crippen molar-refractivity contribution in [3.8, 4) is 0 Å². The standard InChI is InChI=1S/C6H11N2O/c1-5(2)6-8(3)7-4-9-6/h4-5H,1-3H3/q+1. The Morgan fingerprint density at radius 1 is 1.67 bits per heavy atom. The summed E-state index contributed by atoms with van der Waals surface area (Å²) in [6, 6.07) is 0. The average molecular weight is 127 g/mol. The highest BCUT2D eigenvalue weighted by atomic mass is 16.4. The van der Waals surface area contributed by atoms with Crippen molar-refractivity contribution in [1.82, 2.24) is 5.10 Å². The number of hydrogen-bond donors (Lipinski definition) is 0. The Bertz CT molecular complexity index is 193. The Hall–Kier alpha value is -0.860. The summed E-state index contributed by atoms with van der Waals surface area (Å²) in [4.78, 5) is 0. The summed E-state index contributed by atoms with van der Waals surface area (Å²) in [6.45, 7) is 4.14. The number of rotatable bonds is 1. The van der Waals surface area contributed by atoms with Gasteiger partial charge in [0.05, 0.1) is 5.92 Å². The quantitative estimate of drug-likeness (QED) is 0.518. The van der Waals surface area contributed by atoms with E-state index in [-0.39, 0.29) is 0 Å². The van der Waals surface area contributed by atoms with Gasteiger partial charge in [0.15, 0.2) is 7.05 Å². The second-order valence-corrected chi connectivity index (χ2v) is 2.36. The Kier molecular flexibility index (Phi) is 1.51. The Morgan fingerprint density at radius 2 is 2.33 bits per heavy atom. The van der Waals surface area contributed by atoms with Crippen LogP contribution in [0.3, 0.4) is 0 Å². The molecule has 0 aliphatic heterocycles. The van der Waals surface area contributed by atoms with Crippen molar-refractivity contribution in [3.05, 3.63) is 12.3 Å². The van der Waals surface area contributed by atoms with Crippen molar-refractivity contribution < 1.29 is 9.10 Å². The molecule has 1 heterocycles. The second-order valence-electron chi connectivity index (χ2n) is 2.36. The van der Waals surface area contributed by atoms with E-state index in [1.54, 1.807) is 4.68 Å². The van der Waals surface area contributed by atoms with Gasteiger partial charge in [-0.2, -0.15) is 0 Å². The van der Waals surface area contributed by atoms with Crippen LogP contribution in [0.25, 0.3) is 0 Å². The average Bonchev–Trinajstić information content (AvgIpc) is 2.13. The molecule has 0 aliphatic carbocycles. The molecule has 3 heteroatoms. The smallest absolute Gasteiger partial charge is 0.376 e. The fourth-order valence-electron chi connectivity index (χ4n) is 0.791. The summed E-state index contributed by atoms with van der Waals surface area (Å²) in [5.41, 5.74) is 0. The van der Waals surface area contributed by atoms with Gasteiger partial charge in [-0.1, -0.05) is 4.68 Å². The van der Waals surface area contributed by atoms with Gasteiger partial charge in [-0.05, 0) is 13.8 Å². The third kappa shape index (κ3) is 1.09. The summed E-state index contributed by atoms with van der Waals surface area (Å²) in [5, 5.41) is 3.89. The van der Waals surface area contributed by atoms with Crippen molar-refractivity contribution in [2.24, 2.45) is 7.05 Å². The summed E-state index contributed by atoms with van der Waals surface area (Å²) < 4.78 is 6.82. The SMILES string of the molecule is CC(C)c1ocn[n+]1C. The van der Waals surface area contributed by atoms with Gasteiger partial charge in [0.1, 0.15) is 0 Å². The largest absolute Gasteiger partial charge is 0.388 e. The number of aryl methyl sites for hydroxylation is 1. The summed E-state index contributed by atoms with van der Waals surface area (Å²) in [6.07, 6.45) is 1.45. The van der Waals surface area contributed by atoms with Crippen molar-refractivity contribution >= 4 is 0 Å². The van der Waals surface area contributed by atoms with E-state index in [9.17, 15) is 0 Å². The molecule has 0 amide bonds. The van der Waals surface area contributed by atoms with Crippen LogP contribution in [0.1, 0.15) is 25.7 Å². The molecule has 9 heavy (non-hydrogen) atoms. The van der Waals surface area contributed by atoms with Gasteiger partial charge in [-0.25, -0.2) is 0 Å². The van der Waals surface area contributed by atoms with Gasteiger partial charge in [0, 0.05) is 5.10 Å². The minimum absolute atomic E-state index is 0.414. The summed E-state index contributed by atoms with van der Waals surface area (Å²) in [7, 11) is 1.87. The normalized spacial score (nSPS) is 10.7. The van der Waals surface area contributed by atoms with Gasteiger partial charge in [-0.3, -0.25) is 0 Å². The lowest BCUT2D eigenvalue weighted by Crippen LogP contribution is -2.34. The lowest BCUT2D eigenvalue weighted by molar-refractivity contribution is -0.739. The minimum atomic E-state index is 0.414. The predicted octanol–water partition coefficient (Wildman–Crippen LogP) is 0.623. The van der Waals surface area contributed by atoms with Crippen LogP contribution in [0.5, 0.6) is 0 Å². The monoisotopic (exact) mass is 127 g/mol. The maximum Gasteiger partial charge on any atom is 0.376 e. The molecule has 1 aromatic heterocycles. The molecule has 3 nitrogen and oxygen atoms in total. The molecule has 0 aliphatic rings. The zero-order valence-electron chi connectivity index (χ0n) is 5.96. The van der Waals surface area contributed by atoms with Gasteiger partial charge < -0.3 is 4.42 Å². The van der Waals surface area contributed by atoms with Crippen molar-refractivity contribution in [1.29, 1.82) is 0 Å². The van der Waals surface area contributed by atoms with Crippen molar-refractivity contribution in [2.75, 3.05) is 0 Å². The molecule has 1 aromatic rings. The minimum Gasteiger partial charge on any atom is -0.388 e. The van der Waals surface area contributed by atoms with E-state index in [0.29, 0.717) is 5.92 Å². The van der Waals surface area contributed by atoms with Crippen LogP contribution >= 0.6 is 0 Å². The maximum absolute atomic E-state index is 5.08. The third-order valence-corrected chi connectivity index (χ3v) is 1.21. The highest BCUT2D eigenvalue weighted by molar-refractivity contribution is 4.73. The molecule has 0 unspecified atom stereocenters. The van der Waals surface area contributed by atoms with Crippen LogP contribution in [-0.2, 0) is 7.05 Å². The van der Waals surface area contributed by atoms with Crippen LogP contribution < -0.4 is 4.68 Å². The number of aromatic nitrogens is 2. The second kappa shape index (κ2) is 2.17. The first-order chi connectivity index (χ1) is 4.22. The molecule has 1 rings (SSSR count). The summed E-state index contributed by atoms with van der Waals surface area (Å²) in [5.74, 6) is 1.33. The van der Waals surface area contributed by atoms with E-state index in [1.165, 1.54) is 6.39 Å². The molecule has 0 saturated heterocycles. The number of hydrogen-bond acceptors (Lipinski definition) is 2. The zero-order valence-corrected chi connectivity index (χ0v) is 5.96. The van der Waals surface area contributed by atoms with E-state index < -0.39 is 0 Å². The molecule has 0 fully saturated rings. The molecule has 0 saturated carbocycles. The Labute approximate surface area is 54.3 Å². The molecule has 0 radical (unpaired) electrons. The fraction of sp³-hybridized carbons (Fsp3) is 0.667. The topological polar surface area (TPSA) is 29.9 Å². The van der Waals surface area contributed by atoms with Crippen LogP contribution in [0.15, 0.2) is 10.8 Å². The first kappa shape index (κ1) is 6.26. The Balaban J connectivity index is 2.94. The van der Waals surface area contributed by atoms with Crippen LogP contribution in [0, 0.1) is 0 Å². The highest BCUT2D eigenvalue weighted by Crippen LogP contribution is 2.06. The third-order valence-electron chi connectivity index (χ3n) is 1.21. The van der Waals surface area contributed by atoms with Crippen molar-refractivity contribution in [2.45, 2.75) is 19.8 Å². The molecule has 0 atom stereocenters. The zero-order chi connectivity index (χ0) is 6.85. The van der Waals surface area contributed by atoms with E-state index in [4.69, 9.17) is 4.42 Å². The van der Waals surface area contributed by atoms with E-state index in [0.717, 1.165) is 5.89 Å². The first-order valence-electron chi connectivity index (χ1n) is 3.01. The molecule has 0 bridgehead atoms. The Morgan fingerprint density at radius 3 is 2.56 bits per heavy atom. The molecule has 0 N–H and O–H groups in total. The van der Waals surface area contributed by atoms with E-state index >= 15 is 0 Å². The lowest BCUT2D eigenvalue weighted by atomic mass is 10.2. The van der Waals surface area contributed by atoms with Gasteiger partial charge in [0.2, 0.25) is 0 Å². The molecule has 50 valence electrons. The van der Waals surface area contributed by atoms with Crippen LogP contribution in [0.4, 0.5) is 0 Å². The molecule has 0 spiro atoms. The van der Waals surface area contributed by atoms with Gasteiger partial charge >= 0.3 is 5.89 Å². The van der Waals surface area contributed by atoms with E-state index in [1.807, 2.05) is 7.05 Å². The lowest BCUT2D eigenvalue weighted by Gasteiger charge is -1.89. The van der Waals surface area contributed by atoms with Crippen molar-refractivity contribution in [3.63, 3.8) is 0 Å². The molecular weight excluding hydrogens is 116 g/mol. The van der Waals surface area contributed by atoms with E-state index in [2.05, 4.69) is 18.9 Å². The van der Waals surface area contributed by atoms with Crippen LogP contribution in [0.2, 0.25) is 0 Å². The number of nitrogens with zero attached hydrogens (tertiary/aromatic N) is 2. The molecular formula is C6H11N2O+. The molecule has 0 aromatic carbocycles. The van der Waals surface area contributed by atoms with Gasteiger partial charge in [-0.15, -0.1) is 0 Å². The first-order valence-corrected chi connectivity index (χ1v) is 3.01. The highest BCUT2D eigenvalue weighted by Gasteiger charge is 2.15. The van der Waals surface area contributed by atoms with Crippen LogP contribution in [-0.4, -0.2) is 5.10 Å². The summed E-state index contributed by atoms with van der Waals surface area (Å²) >= 11 is 0. The predicted molar refractivity (Wildman–Crippen MR) is 31.8 cm³/mol. The van der Waals surface area contributed by atoms with Gasteiger partial charge in [0.25, 0.3) is 6.39 Å². The fourth-order valence-corrected chi connectivity index (χ4v) is 0.791.